The van der Waals surface area contributed by atoms with Gasteiger partial charge in [0.05, 0.1) is 5.69 Å². The Morgan fingerprint density at radius 3 is 2.16 bits per heavy atom. The molecule has 0 amide bonds. The molecule has 0 aliphatic heterocycles. The van der Waals surface area contributed by atoms with Gasteiger partial charge in [-0.15, -0.1) is 11.3 Å². The molecule has 1 aromatic rings. The van der Waals surface area contributed by atoms with Gasteiger partial charge in [0.1, 0.15) is 0 Å². The summed E-state index contributed by atoms with van der Waals surface area (Å²) in [4.78, 5) is 8.43. The molecule has 0 saturated carbocycles. The fourth-order valence-electron chi connectivity index (χ4n) is 1.69. The highest BCUT2D eigenvalue weighted by Gasteiger charge is 2.24. The van der Waals surface area contributed by atoms with Gasteiger partial charge in [-0.2, -0.15) is 0 Å². The van der Waals surface area contributed by atoms with E-state index in [4.69, 9.17) is 4.98 Å². The molecule has 1 heterocycles. The van der Waals surface area contributed by atoms with E-state index in [2.05, 4.69) is 65.7 Å². The monoisotopic (exact) mass is 283 g/mol. The molecular formula is C15H29N3S. The molecular weight excluding hydrogens is 254 g/mol. The van der Waals surface area contributed by atoms with Crippen LogP contribution in [0, 0.1) is 0 Å². The SMILES string of the molecule is CCN(C)c1nc(C(C)(C)C)c(CNC(C)(C)C)s1. The summed E-state index contributed by atoms with van der Waals surface area (Å²) < 4.78 is 0. The average molecular weight is 283 g/mol. The Bertz CT molecular complexity index is 410. The number of aromatic nitrogens is 1. The zero-order chi connectivity index (χ0) is 14.8. The van der Waals surface area contributed by atoms with Crippen molar-refractivity contribution in [2.24, 2.45) is 0 Å². The molecule has 0 spiro atoms. The van der Waals surface area contributed by atoms with Gasteiger partial charge >= 0.3 is 0 Å². The van der Waals surface area contributed by atoms with Crippen LogP contribution in [0.3, 0.4) is 0 Å². The molecule has 0 aromatic carbocycles. The highest BCUT2D eigenvalue weighted by molar-refractivity contribution is 7.15. The third-order valence-corrected chi connectivity index (χ3v) is 4.15. The molecule has 0 fully saturated rings. The molecule has 0 saturated heterocycles. The molecule has 0 bridgehead atoms. The Balaban J connectivity index is 3.03. The van der Waals surface area contributed by atoms with E-state index < -0.39 is 0 Å². The summed E-state index contributed by atoms with van der Waals surface area (Å²) in [5.74, 6) is 0. The van der Waals surface area contributed by atoms with Crippen LogP contribution in [0.1, 0.15) is 59.0 Å². The molecule has 1 aromatic heterocycles. The Morgan fingerprint density at radius 1 is 1.16 bits per heavy atom. The topological polar surface area (TPSA) is 28.2 Å². The predicted octanol–water partition coefficient (Wildman–Crippen LogP) is 3.78. The van der Waals surface area contributed by atoms with Gasteiger partial charge in [0.25, 0.3) is 0 Å². The van der Waals surface area contributed by atoms with Crippen molar-refractivity contribution < 1.29 is 0 Å². The van der Waals surface area contributed by atoms with Crippen LogP contribution < -0.4 is 10.2 Å². The summed E-state index contributed by atoms with van der Waals surface area (Å²) in [5, 5.41) is 4.70. The van der Waals surface area contributed by atoms with Gasteiger partial charge in [0.2, 0.25) is 0 Å². The number of thiazole rings is 1. The van der Waals surface area contributed by atoms with Crippen molar-refractivity contribution in [1.82, 2.24) is 10.3 Å². The minimum Gasteiger partial charge on any atom is -0.351 e. The van der Waals surface area contributed by atoms with E-state index in [0.717, 1.165) is 18.2 Å². The lowest BCUT2D eigenvalue weighted by atomic mass is 9.91. The number of rotatable bonds is 4. The zero-order valence-electron chi connectivity index (χ0n) is 13.7. The van der Waals surface area contributed by atoms with Crippen molar-refractivity contribution in [3.63, 3.8) is 0 Å². The zero-order valence-corrected chi connectivity index (χ0v) is 14.5. The van der Waals surface area contributed by atoms with Crippen LogP contribution in [0.4, 0.5) is 5.13 Å². The van der Waals surface area contributed by atoms with Gasteiger partial charge in [-0.3, -0.25) is 0 Å². The first kappa shape index (κ1) is 16.4. The van der Waals surface area contributed by atoms with Crippen LogP contribution in [0.2, 0.25) is 0 Å². The molecule has 0 atom stereocenters. The third kappa shape index (κ3) is 4.77. The van der Waals surface area contributed by atoms with E-state index >= 15 is 0 Å². The molecule has 19 heavy (non-hydrogen) atoms. The molecule has 0 unspecified atom stereocenters. The fourth-order valence-corrected chi connectivity index (χ4v) is 2.92. The maximum Gasteiger partial charge on any atom is 0.185 e. The van der Waals surface area contributed by atoms with Crippen LogP contribution >= 0.6 is 11.3 Å². The second-order valence-electron chi connectivity index (χ2n) is 7.14. The van der Waals surface area contributed by atoms with Gasteiger partial charge < -0.3 is 10.2 Å². The first-order valence-corrected chi connectivity index (χ1v) is 7.82. The van der Waals surface area contributed by atoms with Gasteiger partial charge in [-0.1, -0.05) is 20.8 Å². The van der Waals surface area contributed by atoms with E-state index in [-0.39, 0.29) is 11.0 Å². The first-order valence-electron chi connectivity index (χ1n) is 7.01. The number of nitrogens with zero attached hydrogens (tertiary/aromatic N) is 2. The van der Waals surface area contributed by atoms with Crippen LogP contribution in [-0.4, -0.2) is 24.1 Å². The molecule has 110 valence electrons. The van der Waals surface area contributed by atoms with Crippen molar-refractivity contribution in [1.29, 1.82) is 0 Å². The third-order valence-electron chi connectivity index (χ3n) is 2.98. The quantitative estimate of drug-likeness (QED) is 0.911. The van der Waals surface area contributed by atoms with Crippen molar-refractivity contribution >= 4 is 16.5 Å². The lowest BCUT2D eigenvalue weighted by Crippen LogP contribution is -2.35. The minimum atomic E-state index is 0.0955. The number of nitrogens with one attached hydrogen (secondary N) is 1. The smallest absolute Gasteiger partial charge is 0.185 e. The first-order chi connectivity index (χ1) is 8.54. The van der Waals surface area contributed by atoms with Crippen molar-refractivity contribution in [2.45, 2.75) is 66.0 Å². The predicted molar refractivity (Wildman–Crippen MR) is 86.4 cm³/mol. The second kappa shape index (κ2) is 5.80. The van der Waals surface area contributed by atoms with Crippen LogP contribution in [0.15, 0.2) is 0 Å². The van der Waals surface area contributed by atoms with Gasteiger partial charge in [-0.05, 0) is 27.7 Å². The van der Waals surface area contributed by atoms with Crippen LogP contribution in [0.5, 0.6) is 0 Å². The molecule has 0 radical (unpaired) electrons. The van der Waals surface area contributed by atoms with Crippen molar-refractivity contribution in [2.75, 3.05) is 18.5 Å². The largest absolute Gasteiger partial charge is 0.351 e. The summed E-state index contributed by atoms with van der Waals surface area (Å²) >= 11 is 1.81. The van der Waals surface area contributed by atoms with Gasteiger partial charge in [-0.25, -0.2) is 4.98 Å². The number of hydrogen-bond acceptors (Lipinski definition) is 4. The van der Waals surface area contributed by atoms with E-state index in [1.807, 2.05) is 11.3 Å². The van der Waals surface area contributed by atoms with E-state index in [0.29, 0.717) is 0 Å². The highest BCUT2D eigenvalue weighted by atomic mass is 32.1. The number of hydrogen-bond donors (Lipinski definition) is 1. The van der Waals surface area contributed by atoms with Crippen LogP contribution in [0.25, 0.3) is 0 Å². The Labute approximate surface area is 122 Å². The summed E-state index contributed by atoms with van der Waals surface area (Å²) in [6, 6.07) is 0. The molecule has 3 nitrogen and oxygen atoms in total. The minimum absolute atomic E-state index is 0.0955. The summed E-state index contributed by atoms with van der Waals surface area (Å²) in [5.41, 5.74) is 1.46. The molecule has 4 heteroatoms. The lowest BCUT2D eigenvalue weighted by Gasteiger charge is -2.22. The van der Waals surface area contributed by atoms with Gasteiger partial charge in [0, 0.05) is 36.0 Å². The number of anilines is 1. The highest BCUT2D eigenvalue weighted by Crippen LogP contribution is 2.33. The Morgan fingerprint density at radius 2 is 1.74 bits per heavy atom. The van der Waals surface area contributed by atoms with Crippen LogP contribution in [-0.2, 0) is 12.0 Å². The second-order valence-corrected chi connectivity index (χ2v) is 8.20. The molecule has 0 aliphatic rings. The molecule has 0 aliphatic carbocycles. The lowest BCUT2D eigenvalue weighted by molar-refractivity contribution is 0.422. The summed E-state index contributed by atoms with van der Waals surface area (Å²) in [6.07, 6.45) is 0. The summed E-state index contributed by atoms with van der Waals surface area (Å²) in [7, 11) is 2.10. The summed E-state index contributed by atoms with van der Waals surface area (Å²) in [6.45, 7) is 17.3. The molecule has 1 N–H and O–H groups in total. The Hall–Kier alpha value is -0.610. The van der Waals surface area contributed by atoms with Gasteiger partial charge in [0.15, 0.2) is 5.13 Å². The molecule has 1 rings (SSSR count). The van der Waals surface area contributed by atoms with E-state index in [1.165, 1.54) is 10.6 Å². The van der Waals surface area contributed by atoms with E-state index in [9.17, 15) is 0 Å². The maximum absolute atomic E-state index is 4.86. The van der Waals surface area contributed by atoms with Crippen molar-refractivity contribution in [3.05, 3.63) is 10.6 Å². The standard InChI is InChI=1S/C15H29N3S/c1-9-18(8)13-17-12(14(2,3)4)11(19-13)10-16-15(5,6)7/h16H,9-10H2,1-8H3. The average Bonchev–Trinajstić information content (AvgIpc) is 2.68. The Kier molecular flexibility index (Phi) is 5.02. The fraction of sp³-hybridized carbons (Fsp3) is 0.800. The maximum atomic E-state index is 4.86. The van der Waals surface area contributed by atoms with Crippen molar-refractivity contribution in [3.8, 4) is 0 Å². The normalized spacial score (nSPS) is 12.8. The van der Waals surface area contributed by atoms with E-state index in [1.54, 1.807) is 0 Å².